The topological polar surface area (TPSA) is 113 Å². The maximum absolute atomic E-state index is 13.1. The number of likely N-dealkylation sites (tertiary alicyclic amines) is 1. The molecule has 0 aromatic heterocycles. The van der Waals surface area contributed by atoms with Crippen LogP contribution in [0.25, 0.3) is 0 Å². The molecule has 1 aliphatic heterocycles. The summed E-state index contributed by atoms with van der Waals surface area (Å²) in [4.78, 5) is 54.1. The quantitative estimate of drug-likeness (QED) is 0.376. The summed E-state index contributed by atoms with van der Waals surface area (Å²) in [5.41, 5.74) is 6.61. The van der Waals surface area contributed by atoms with Gasteiger partial charge in [0.2, 0.25) is 23.6 Å². The van der Waals surface area contributed by atoms with Gasteiger partial charge in [-0.2, -0.15) is 0 Å². The highest BCUT2D eigenvalue weighted by Crippen LogP contribution is 2.34. The second-order valence-electron chi connectivity index (χ2n) is 12.6. The lowest BCUT2D eigenvalue weighted by atomic mass is 9.71. The van der Waals surface area contributed by atoms with E-state index >= 15 is 0 Å². The minimum absolute atomic E-state index is 0.0262. The predicted octanol–water partition coefficient (Wildman–Crippen LogP) is 4.67. The average molecular weight is 571 g/mol. The Morgan fingerprint density at radius 2 is 1.66 bits per heavy atom. The van der Waals surface area contributed by atoms with Crippen LogP contribution in [0.15, 0.2) is 42.0 Å². The van der Waals surface area contributed by atoms with Crippen LogP contribution in [0.5, 0.6) is 0 Å². The van der Waals surface area contributed by atoms with Gasteiger partial charge >= 0.3 is 0 Å². The molecule has 1 aliphatic rings. The molecule has 0 unspecified atom stereocenters. The first-order chi connectivity index (χ1) is 19.1. The number of nitrogens with zero attached hydrogens (tertiary/aromatic N) is 2. The summed E-state index contributed by atoms with van der Waals surface area (Å²) in [5.74, 6) is -0.580. The third-order valence-corrected chi connectivity index (χ3v) is 7.65. The molecule has 0 spiro atoms. The fourth-order valence-corrected chi connectivity index (χ4v) is 5.28. The normalized spacial score (nSPS) is 17.0. The number of likely N-dealkylation sites (N-methyl/N-ethyl adjacent to an activating group) is 1. The second kappa shape index (κ2) is 16.3. The lowest BCUT2D eigenvalue weighted by Gasteiger charge is -2.34. The van der Waals surface area contributed by atoms with Gasteiger partial charge in [0.15, 0.2) is 0 Å². The molecule has 2 rings (SSSR count). The molecule has 0 saturated carbocycles. The number of hydrogen-bond acceptors (Lipinski definition) is 4. The number of hydrogen-bond donors (Lipinski definition) is 2. The third-order valence-electron chi connectivity index (χ3n) is 7.65. The molecule has 1 aromatic rings. The smallest absolute Gasteiger partial charge is 0.249 e. The van der Waals surface area contributed by atoms with E-state index in [1.807, 2.05) is 65.0 Å². The molecule has 1 saturated heterocycles. The first kappa shape index (κ1) is 35.9. The van der Waals surface area contributed by atoms with E-state index in [1.165, 1.54) is 4.90 Å². The van der Waals surface area contributed by atoms with Gasteiger partial charge in [-0.15, -0.1) is 0 Å². The Kier molecular flexibility index (Phi) is 14.3. The van der Waals surface area contributed by atoms with E-state index < -0.39 is 17.4 Å². The summed E-state index contributed by atoms with van der Waals surface area (Å²) in [6.45, 7) is 18.6. The predicted molar refractivity (Wildman–Crippen MR) is 166 cm³/mol. The molecular weight excluding hydrogens is 516 g/mol. The first-order valence-electron chi connectivity index (χ1n) is 14.9. The van der Waals surface area contributed by atoms with E-state index in [2.05, 4.69) is 26.1 Å². The zero-order valence-electron chi connectivity index (χ0n) is 27.0. The molecule has 8 nitrogen and oxygen atoms in total. The molecule has 1 heterocycles. The van der Waals surface area contributed by atoms with E-state index in [0.29, 0.717) is 25.0 Å². The van der Waals surface area contributed by atoms with Crippen molar-refractivity contribution in [3.8, 4) is 0 Å². The van der Waals surface area contributed by atoms with Gasteiger partial charge in [-0.1, -0.05) is 91.8 Å². The molecule has 0 radical (unpaired) electrons. The van der Waals surface area contributed by atoms with Gasteiger partial charge in [0.25, 0.3) is 0 Å². The third kappa shape index (κ3) is 10.3. The second-order valence-corrected chi connectivity index (χ2v) is 12.6. The Balaban J connectivity index is 0.00000196. The number of carbonyl (C=O) groups excluding carboxylic acids is 4. The number of benzene rings is 1. The SMILES string of the molecule is CC(C)C.CC[C@H](C(=O)NCC(=O)N(C)[C@H](/C=C(\C)C(=O)N1CCC[C@H]1C(N)=O)C(C)C)C(C)(C)c1ccccc1. The molecule has 8 heteroatoms. The Morgan fingerprint density at radius 3 is 2.15 bits per heavy atom. The van der Waals surface area contributed by atoms with Crippen molar-refractivity contribution in [3.63, 3.8) is 0 Å². The fraction of sp³-hybridized carbons (Fsp3) is 0.636. The van der Waals surface area contributed by atoms with Crippen molar-refractivity contribution in [1.82, 2.24) is 15.1 Å². The van der Waals surface area contributed by atoms with Gasteiger partial charge in [0.05, 0.1) is 12.6 Å². The largest absolute Gasteiger partial charge is 0.368 e. The van der Waals surface area contributed by atoms with Gasteiger partial charge < -0.3 is 20.9 Å². The van der Waals surface area contributed by atoms with E-state index in [4.69, 9.17) is 5.73 Å². The highest BCUT2D eigenvalue weighted by molar-refractivity contribution is 5.97. The van der Waals surface area contributed by atoms with Gasteiger partial charge in [-0.25, -0.2) is 0 Å². The Labute approximate surface area is 248 Å². The summed E-state index contributed by atoms with van der Waals surface area (Å²) < 4.78 is 0. The fourth-order valence-electron chi connectivity index (χ4n) is 5.28. The minimum Gasteiger partial charge on any atom is -0.368 e. The lowest BCUT2D eigenvalue weighted by Crippen LogP contribution is -2.48. The van der Waals surface area contributed by atoms with Gasteiger partial charge in [0, 0.05) is 30.5 Å². The van der Waals surface area contributed by atoms with Crippen molar-refractivity contribution in [2.75, 3.05) is 20.1 Å². The molecule has 3 N–H and O–H groups in total. The Morgan fingerprint density at radius 1 is 1.10 bits per heavy atom. The van der Waals surface area contributed by atoms with Crippen LogP contribution < -0.4 is 11.1 Å². The zero-order chi connectivity index (χ0) is 31.5. The molecule has 0 bridgehead atoms. The molecular formula is C33H54N4O4. The lowest BCUT2D eigenvalue weighted by molar-refractivity contribution is -0.135. The average Bonchev–Trinajstić information content (AvgIpc) is 3.40. The Hall–Kier alpha value is -3.16. The molecule has 1 aromatic carbocycles. The molecule has 4 amide bonds. The number of carbonyl (C=O) groups is 4. The molecule has 3 atom stereocenters. The van der Waals surface area contributed by atoms with Crippen molar-refractivity contribution in [2.45, 2.75) is 99.1 Å². The van der Waals surface area contributed by atoms with Crippen LogP contribution in [-0.4, -0.2) is 65.6 Å². The van der Waals surface area contributed by atoms with Crippen LogP contribution in [0.4, 0.5) is 0 Å². The number of rotatable bonds is 11. The van der Waals surface area contributed by atoms with Crippen LogP contribution in [0.3, 0.4) is 0 Å². The minimum atomic E-state index is -0.588. The van der Waals surface area contributed by atoms with E-state index in [9.17, 15) is 19.2 Å². The number of nitrogens with one attached hydrogen (secondary N) is 1. The molecule has 230 valence electrons. The van der Waals surface area contributed by atoms with E-state index in [-0.39, 0.29) is 42.1 Å². The highest BCUT2D eigenvalue weighted by atomic mass is 16.2. The molecule has 1 fully saturated rings. The van der Waals surface area contributed by atoms with Crippen LogP contribution in [0.1, 0.15) is 87.1 Å². The zero-order valence-corrected chi connectivity index (χ0v) is 27.0. The first-order valence-corrected chi connectivity index (χ1v) is 14.9. The summed E-state index contributed by atoms with van der Waals surface area (Å²) >= 11 is 0. The van der Waals surface area contributed by atoms with Gasteiger partial charge in [-0.3, -0.25) is 19.2 Å². The van der Waals surface area contributed by atoms with Crippen molar-refractivity contribution in [1.29, 1.82) is 0 Å². The standard InChI is InChI=1S/C29H44N4O4.C4H10/c1-8-22(29(5,6)21-13-10-9-11-14-21)27(36)31-18-25(34)32(7)24(19(2)3)17-20(4)28(37)33-16-12-15-23(33)26(30)35;1-4(2)3/h9-11,13-14,17,19,22-24H,8,12,15-16,18H2,1-7H3,(H2,30,35)(H,31,36);4H,1-3H3/b20-17+;/t22-,23+,24-;/m1./s1. The van der Waals surface area contributed by atoms with Crippen molar-refractivity contribution in [3.05, 3.63) is 47.5 Å². The number of nitrogens with two attached hydrogens (primary N) is 1. The summed E-state index contributed by atoms with van der Waals surface area (Å²) in [5, 5.41) is 2.85. The maximum Gasteiger partial charge on any atom is 0.249 e. The van der Waals surface area contributed by atoms with Crippen molar-refractivity contribution < 1.29 is 19.2 Å². The van der Waals surface area contributed by atoms with E-state index in [0.717, 1.165) is 17.9 Å². The van der Waals surface area contributed by atoms with Gasteiger partial charge in [0.1, 0.15) is 6.04 Å². The van der Waals surface area contributed by atoms with Crippen LogP contribution in [0, 0.1) is 17.8 Å². The summed E-state index contributed by atoms with van der Waals surface area (Å²) in [6.07, 6.45) is 3.72. The number of primary amides is 1. The summed E-state index contributed by atoms with van der Waals surface area (Å²) in [6, 6.07) is 8.97. The van der Waals surface area contributed by atoms with Crippen molar-refractivity contribution >= 4 is 23.6 Å². The maximum atomic E-state index is 13.1. The molecule has 41 heavy (non-hydrogen) atoms. The van der Waals surface area contributed by atoms with E-state index in [1.54, 1.807) is 24.9 Å². The van der Waals surface area contributed by atoms with Crippen LogP contribution >= 0.6 is 0 Å². The van der Waals surface area contributed by atoms with Crippen LogP contribution in [0.2, 0.25) is 0 Å². The number of amides is 4. The molecule has 0 aliphatic carbocycles. The highest BCUT2D eigenvalue weighted by Gasteiger charge is 2.36. The van der Waals surface area contributed by atoms with Crippen LogP contribution in [-0.2, 0) is 24.6 Å². The summed E-state index contributed by atoms with van der Waals surface area (Å²) in [7, 11) is 1.68. The Bertz CT molecular complexity index is 1050. The monoisotopic (exact) mass is 570 g/mol. The van der Waals surface area contributed by atoms with Crippen molar-refractivity contribution in [2.24, 2.45) is 23.5 Å². The van der Waals surface area contributed by atoms with Gasteiger partial charge in [-0.05, 0) is 43.6 Å².